The average molecular weight is 259 g/mol. The van der Waals surface area contributed by atoms with E-state index in [0.717, 1.165) is 12.8 Å². The van der Waals surface area contributed by atoms with Crippen LogP contribution in [0.15, 0.2) is 0 Å². The molecule has 5 heteroatoms. The highest BCUT2D eigenvalue weighted by Gasteiger charge is 2.31. The number of carbonyl (C=O) groups excluding carboxylic acids is 1. The second kappa shape index (κ2) is 6.38. The van der Waals surface area contributed by atoms with E-state index in [-0.39, 0.29) is 6.04 Å². The summed E-state index contributed by atoms with van der Waals surface area (Å²) in [7, 11) is 1.67. The maximum atomic E-state index is 11.7. The summed E-state index contributed by atoms with van der Waals surface area (Å²) >= 11 is 0. The molecule has 0 heterocycles. The molecule has 106 valence electrons. The molecular formula is C13H25NO4. The Balaban J connectivity index is 2.45. The Bertz CT molecular complexity index is 275. The highest BCUT2D eigenvalue weighted by atomic mass is 16.6. The molecule has 0 bridgehead atoms. The number of aliphatic hydroxyl groups excluding tert-OH is 1. The third-order valence-corrected chi connectivity index (χ3v) is 3.03. The molecule has 5 nitrogen and oxygen atoms in total. The lowest BCUT2D eigenvalue weighted by Gasteiger charge is -2.34. The fourth-order valence-electron chi connectivity index (χ4n) is 2.24. The van der Waals surface area contributed by atoms with Crippen LogP contribution in [0.4, 0.5) is 4.79 Å². The van der Waals surface area contributed by atoms with Crippen LogP contribution < -0.4 is 5.32 Å². The Hall–Kier alpha value is -0.810. The summed E-state index contributed by atoms with van der Waals surface area (Å²) in [6.07, 6.45) is 1.39. The highest BCUT2D eigenvalue weighted by Crippen LogP contribution is 2.25. The summed E-state index contributed by atoms with van der Waals surface area (Å²) in [4.78, 5) is 11.7. The molecule has 1 amide bonds. The van der Waals surface area contributed by atoms with Crippen molar-refractivity contribution in [3.63, 3.8) is 0 Å². The Morgan fingerprint density at radius 3 is 2.61 bits per heavy atom. The van der Waals surface area contributed by atoms with E-state index in [1.54, 1.807) is 7.11 Å². The summed E-state index contributed by atoms with van der Waals surface area (Å²) in [6, 6.07) is -0.242. The Kier molecular flexibility index (Phi) is 5.41. The molecule has 1 fully saturated rings. The minimum atomic E-state index is -0.518. The molecule has 0 saturated heterocycles. The van der Waals surface area contributed by atoms with Gasteiger partial charge in [-0.3, -0.25) is 0 Å². The molecule has 1 aliphatic rings. The molecule has 1 saturated carbocycles. The van der Waals surface area contributed by atoms with Crippen LogP contribution in [0, 0.1) is 5.92 Å². The summed E-state index contributed by atoms with van der Waals surface area (Å²) in [5.74, 6) is 0.387. The van der Waals surface area contributed by atoms with Gasteiger partial charge in [0.25, 0.3) is 0 Å². The number of carbonyl (C=O) groups is 1. The summed E-state index contributed by atoms with van der Waals surface area (Å²) in [5.41, 5.74) is -0.518. The van der Waals surface area contributed by atoms with Crippen molar-refractivity contribution >= 4 is 6.09 Å². The minimum Gasteiger partial charge on any atom is -0.444 e. The third kappa shape index (κ3) is 5.23. The van der Waals surface area contributed by atoms with Crippen LogP contribution in [0.1, 0.15) is 40.0 Å². The number of nitrogens with one attached hydrogen (secondary N) is 1. The van der Waals surface area contributed by atoms with Crippen molar-refractivity contribution in [1.82, 2.24) is 5.32 Å². The Labute approximate surface area is 109 Å². The number of amides is 1. The molecular weight excluding hydrogens is 234 g/mol. The molecule has 2 N–H and O–H groups in total. The largest absolute Gasteiger partial charge is 0.444 e. The summed E-state index contributed by atoms with van der Waals surface area (Å²) in [6.45, 7) is 6.12. The van der Waals surface area contributed by atoms with Crippen molar-refractivity contribution in [2.24, 2.45) is 5.92 Å². The normalized spacial score (nSPS) is 28.8. The first-order valence-electron chi connectivity index (χ1n) is 6.48. The zero-order valence-electron chi connectivity index (χ0n) is 11.7. The molecule has 0 aromatic rings. The van der Waals surface area contributed by atoms with Crippen molar-refractivity contribution in [2.75, 3.05) is 13.7 Å². The van der Waals surface area contributed by atoms with Gasteiger partial charge in [0.05, 0.1) is 12.1 Å². The van der Waals surface area contributed by atoms with E-state index >= 15 is 0 Å². The van der Waals surface area contributed by atoms with Crippen LogP contribution in [0.3, 0.4) is 0 Å². The van der Waals surface area contributed by atoms with Crippen molar-refractivity contribution in [3.05, 3.63) is 0 Å². The second-order valence-corrected chi connectivity index (χ2v) is 5.95. The molecule has 1 aliphatic carbocycles. The predicted octanol–water partition coefficient (Wildman–Crippen LogP) is 1.69. The fourth-order valence-corrected chi connectivity index (χ4v) is 2.24. The molecule has 18 heavy (non-hydrogen) atoms. The summed E-state index contributed by atoms with van der Waals surface area (Å²) < 4.78 is 10.3. The second-order valence-electron chi connectivity index (χ2n) is 5.95. The van der Waals surface area contributed by atoms with Crippen LogP contribution in [-0.4, -0.2) is 42.7 Å². The van der Waals surface area contributed by atoms with Gasteiger partial charge in [0.15, 0.2) is 0 Å². The quantitative estimate of drug-likeness (QED) is 0.809. The average Bonchev–Trinajstić information content (AvgIpc) is 2.20. The fraction of sp³-hybridized carbons (Fsp3) is 0.923. The van der Waals surface area contributed by atoms with Crippen LogP contribution in [0.2, 0.25) is 0 Å². The van der Waals surface area contributed by atoms with E-state index in [4.69, 9.17) is 9.47 Å². The maximum absolute atomic E-state index is 11.7. The SMILES string of the molecule is COC[C@H]1CC[C@@H](O)[C@H](NC(=O)OC(C)(C)C)C1. The topological polar surface area (TPSA) is 67.8 Å². The van der Waals surface area contributed by atoms with E-state index in [0.29, 0.717) is 18.9 Å². The number of methoxy groups -OCH3 is 1. The van der Waals surface area contributed by atoms with E-state index in [9.17, 15) is 9.90 Å². The number of aliphatic hydroxyl groups is 1. The Morgan fingerprint density at radius 2 is 2.06 bits per heavy atom. The molecule has 0 spiro atoms. The molecule has 0 aromatic heterocycles. The smallest absolute Gasteiger partial charge is 0.407 e. The zero-order chi connectivity index (χ0) is 13.8. The van der Waals surface area contributed by atoms with Crippen LogP contribution >= 0.6 is 0 Å². The molecule has 3 atom stereocenters. The number of hydrogen-bond acceptors (Lipinski definition) is 4. The maximum Gasteiger partial charge on any atom is 0.407 e. The lowest BCUT2D eigenvalue weighted by atomic mass is 9.84. The van der Waals surface area contributed by atoms with E-state index in [2.05, 4.69) is 5.32 Å². The Morgan fingerprint density at radius 1 is 1.39 bits per heavy atom. The van der Waals surface area contributed by atoms with Gasteiger partial charge in [0.2, 0.25) is 0 Å². The number of ether oxygens (including phenoxy) is 2. The first-order chi connectivity index (χ1) is 8.31. The van der Waals surface area contributed by atoms with Crippen molar-refractivity contribution in [1.29, 1.82) is 0 Å². The first kappa shape index (κ1) is 15.2. The summed E-state index contributed by atoms with van der Waals surface area (Å²) in [5, 5.41) is 12.6. The van der Waals surface area contributed by atoms with E-state index in [1.807, 2.05) is 20.8 Å². The van der Waals surface area contributed by atoms with Crippen molar-refractivity contribution in [2.45, 2.75) is 57.8 Å². The molecule has 0 radical (unpaired) electrons. The van der Waals surface area contributed by atoms with E-state index in [1.165, 1.54) is 0 Å². The highest BCUT2D eigenvalue weighted by molar-refractivity contribution is 5.68. The first-order valence-corrected chi connectivity index (χ1v) is 6.48. The molecule has 0 aliphatic heterocycles. The third-order valence-electron chi connectivity index (χ3n) is 3.03. The van der Waals surface area contributed by atoms with Crippen molar-refractivity contribution in [3.8, 4) is 0 Å². The monoisotopic (exact) mass is 259 g/mol. The molecule has 0 unspecified atom stereocenters. The number of alkyl carbamates (subject to hydrolysis) is 1. The standard InChI is InChI=1S/C13H25NO4/c1-13(2,3)18-12(16)14-10-7-9(8-17-4)5-6-11(10)15/h9-11,15H,5-8H2,1-4H3,(H,14,16)/t9-,10+,11+/m0/s1. The van der Waals surface area contributed by atoms with Crippen LogP contribution in [-0.2, 0) is 9.47 Å². The van der Waals surface area contributed by atoms with Crippen LogP contribution in [0.5, 0.6) is 0 Å². The lowest BCUT2D eigenvalue weighted by molar-refractivity contribution is 0.0217. The van der Waals surface area contributed by atoms with Gasteiger partial charge in [0, 0.05) is 13.7 Å². The number of hydrogen-bond donors (Lipinski definition) is 2. The van der Waals surface area contributed by atoms with Crippen molar-refractivity contribution < 1.29 is 19.4 Å². The molecule has 1 rings (SSSR count). The lowest BCUT2D eigenvalue weighted by Crippen LogP contribution is -2.49. The van der Waals surface area contributed by atoms with E-state index < -0.39 is 17.8 Å². The zero-order valence-corrected chi connectivity index (χ0v) is 11.7. The number of rotatable bonds is 3. The van der Waals surface area contributed by atoms with Crippen LogP contribution in [0.25, 0.3) is 0 Å². The van der Waals surface area contributed by atoms with Gasteiger partial charge in [-0.15, -0.1) is 0 Å². The van der Waals surface area contributed by atoms with Gasteiger partial charge in [-0.1, -0.05) is 0 Å². The van der Waals surface area contributed by atoms with Gasteiger partial charge in [-0.25, -0.2) is 4.79 Å². The van der Waals surface area contributed by atoms with Gasteiger partial charge in [-0.2, -0.15) is 0 Å². The van der Waals surface area contributed by atoms with Gasteiger partial charge in [0.1, 0.15) is 5.60 Å². The van der Waals surface area contributed by atoms with Gasteiger partial charge in [-0.05, 0) is 46.0 Å². The van der Waals surface area contributed by atoms with Gasteiger partial charge < -0.3 is 19.9 Å². The minimum absolute atomic E-state index is 0.242. The van der Waals surface area contributed by atoms with Gasteiger partial charge >= 0.3 is 6.09 Å². The molecule has 0 aromatic carbocycles. The predicted molar refractivity (Wildman–Crippen MR) is 68.4 cm³/mol.